The van der Waals surface area contributed by atoms with Crippen molar-refractivity contribution in [2.75, 3.05) is 69.4 Å². The second-order valence-electron chi connectivity index (χ2n) is 12.1. The zero-order valence-electron chi connectivity index (χ0n) is 27.1. The van der Waals surface area contributed by atoms with Gasteiger partial charge in [-0.1, -0.05) is 12.1 Å². The van der Waals surface area contributed by atoms with Gasteiger partial charge in [-0.2, -0.15) is 0 Å². The lowest BCUT2D eigenvalue weighted by Crippen LogP contribution is -2.47. The molecule has 0 spiro atoms. The van der Waals surface area contributed by atoms with Gasteiger partial charge in [0.05, 0.1) is 18.9 Å². The number of aryl methyl sites for hydroxylation is 1. The number of hydrogen-bond acceptors (Lipinski definition) is 7. The van der Waals surface area contributed by atoms with Crippen LogP contribution in [0, 0.1) is 6.92 Å². The van der Waals surface area contributed by atoms with E-state index in [2.05, 4.69) is 27.9 Å². The Morgan fingerprint density at radius 3 is 2.48 bits per heavy atom. The Kier molecular flexibility index (Phi) is 11.3. The summed E-state index contributed by atoms with van der Waals surface area (Å²) in [4.78, 5) is 43.3. The zero-order chi connectivity index (χ0) is 32.5. The van der Waals surface area contributed by atoms with E-state index in [-0.39, 0.29) is 24.3 Å². The maximum absolute atomic E-state index is 13.4. The summed E-state index contributed by atoms with van der Waals surface area (Å²) in [5, 5.41) is 9.31. The molecule has 0 aliphatic carbocycles. The van der Waals surface area contributed by atoms with E-state index < -0.39 is 0 Å². The molecule has 1 saturated heterocycles. The predicted molar refractivity (Wildman–Crippen MR) is 181 cm³/mol. The van der Waals surface area contributed by atoms with Gasteiger partial charge in [0.1, 0.15) is 5.75 Å². The van der Waals surface area contributed by atoms with Gasteiger partial charge in [0.15, 0.2) is 0 Å². The molecular formula is C36H45N5O5. The maximum atomic E-state index is 13.4. The van der Waals surface area contributed by atoms with Crippen molar-refractivity contribution in [1.82, 2.24) is 9.80 Å². The summed E-state index contributed by atoms with van der Waals surface area (Å²) < 4.78 is 11.5. The minimum atomic E-state index is -0.293. The third kappa shape index (κ3) is 8.44. The smallest absolute Gasteiger partial charge is 0.256 e. The Balaban J connectivity index is 1.16. The van der Waals surface area contributed by atoms with Gasteiger partial charge in [0.25, 0.3) is 11.8 Å². The number of benzene rings is 3. The third-order valence-corrected chi connectivity index (χ3v) is 8.56. The number of methoxy groups -OCH3 is 1. The molecular weight excluding hydrogens is 582 g/mol. The molecule has 46 heavy (non-hydrogen) atoms. The van der Waals surface area contributed by atoms with E-state index in [0.29, 0.717) is 46.8 Å². The first-order valence-corrected chi connectivity index (χ1v) is 16.1. The lowest BCUT2D eigenvalue weighted by molar-refractivity contribution is -0.132. The molecule has 3 amide bonds. The van der Waals surface area contributed by atoms with E-state index in [4.69, 9.17) is 9.47 Å². The van der Waals surface area contributed by atoms with Crippen LogP contribution < -0.4 is 20.7 Å². The van der Waals surface area contributed by atoms with E-state index in [1.807, 2.05) is 48.2 Å². The predicted octanol–water partition coefficient (Wildman–Crippen LogP) is 5.33. The summed E-state index contributed by atoms with van der Waals surface area (Å²) in [6, 6.07) is 16.5. The molecule has 3 aromatic carbocycles. The second kappa shape index (κ2) is 15.7. The normalized spacial score (nSPS) is 14.4. The number of likely N-dealkylation sites (N-methyl/N-ethyl adjacent to an activating group) is 1. The number of fused-ring (bicyclic) bond motifs is 1. The summed E-state index contributed by atoms with van der Waals surface area (Å²) in [7, 11) is 3.66. The molecule has 2 aliphatic rings. The van der Waals surface area contributed by atoms with Crippen LogP contribution in [0.4, 0.5) is 17.1 Å². The lowest BCUT2D eigenvalue weighted by Gasteiger charge is -2.32. The highest BCUT2D eigenvalue weighted by molar-refractivity contribution is 6.08. The van der Waals surface area contributed by atoms with Crippen LogP contribution in [-0.2, 0) is 22.6 Å². The summed E-state index contributed by atoms with van der Waals surface area (Å²) in [6.45, 7) is 6.98. The van der Waals surface area contributed by atoms with Crippen LogP contribution in [0.5, 0.6) is 5.75 Å². The largest absolute Gasteiger partial charge is 0.491 e. The second-order valence-corrected chi connectivity index (χ2v) is 12.1. The number of ether oxygens (including phenoxy) is 2. The van der Waals surface area contributed by atoms with E-state index in [1.54, 1.807) is 25.3 Å². The average Bonchev–Trinajstić information content (AvgIpc) is 3.54. The Labute approximate surface area is 271 Å². The number of nitrogens with one attached hydrogen (secondary N) is 3. The molecule has 3 N–H and O–H groups in total. The fourth-order valence-electron chi connectivity index (χ4n) is 5.88. The van der Waals surface area contributed by atoms with Crippen LogP contribution in [0.25, 0.3) is 0 Å². The Hall–Kier alpha value is -4.41. The first-order valence-electron chi connectivity index (χ1n) is 16.1. The molecule has 0 aromatic heterocycles. The maximum Gasteiger partial charge on any atom is 0.256 e. The van der Waals surface area contributed by atoms with E-state index in [0.717, 1.165) is 75.2 Å². The highest BCUT2D eigenvalue weighted by atomic mass is 16.5. The number of carbonyl (C=O) groups excluding carboxylic acids is 3. The van der Waals surface area contributed by atoms with Crippen molar-refractivity contribution < 1.29 is 23.9 Å². The first kappa shape index (κ1) is 33.0. The van der Waals surface area contributed by atoms with Crippen LogP contribution in [0.15, 0.2) is 54.6 Å². The minimum absolute atomic E-state index is 0.196. The van der Waals surface area contributed by atoms with Crippen LogP contribution in [0.2, 0.25) is 0 Å². The van der Waals surface area contributed by atoms with Crippen LogP contribution in [-0.4, -0.2) is 81.0 Å². The number of unbranched alkanes of at least 4 members (excludes halogenated alkanes) is 2. The molecule has 3 aromatic rings. The molecule has 1 fully saturated rings. The van der Waals surface area contributed by atoms with Crippen LogP contribution in [0.1, 0.15) is 63.1 Å². The Morgan fingerprint density at radius 2 is 1.67 bits per heavy atom. The molecule has 0 unspecified atom stereocenters. The average molecular weight is 628 g/mol. The van der Waals surface area contributed by atoms with E-state index in [9.17, 15) is 14.4 Å². The number of amides is 3. The minimum Gasteiger partial charge on any atom is -0.491 e. The summed E-state index contributed by atoms with van der Waals surface area (Å²) in [6.07, 6.45) is 3.90. The molecule has 0 bridgehead atoms. The van der Waals surface area contributed by atoms with E-state index >= 15 is 0 Å². The van der Waals surface area contributed by atoms with Crippen molar-refractivity contribution in [3.05, 3.63) is 82.4 Å². The van der Waals surface area contributed by atoms with Gasteiger partial charge in [-0.25, -0.2) is 0 Å². The van der Waals surface area contributed by atoms with Crippen molar-refractivity contribution in [3.8, 4) is 5.75 Å². The molecule has 2 aliphatic heterocycles. The molecule has 0 radical (unpaired) electrons. The molecule has 244 valence electrons. The van der Waals surface area contributed by atoms with Gasteiger partial charge in [-0.3, -0.25) is 14.4 Å². The standard InChI is InChI=1S/C36H45N5O5/c1-25-11-13-32(33(22-25)46-21-6-4-5-10-34(42)41-19-17-40(2)18-20-41)39-35(43)26-12-14-30(27(23-26)24-45-3)38-36(44)29-8-7-9-31-28(29)15-16-37-31/h7-9,11-14,22-23,37H,4-6,10,15-21,24H2,1-3H3,(H,38,44)(H,39,43). The molecule has 0 saturated carbocycles. The van der Waals surface area contributed by atoms with Gasteiger partial charge in [-0.15, -0.1) is 0 Å². The number of anilines is 3. The summed E-state index contributed by atoms with van der Waals surface area (Å²) >= 11 is 0. The SMILES string of the molecule is COCc1cc(C(=O)Nc2ccc(C)cc2OCCCCCC(=O)N2CCN(C)CC2)ccc1NC(=O)c1cccc2c1CCN2. The molecule has 2 heterocycles. The van der Waals surface area contributed by atoms with Crippen molar-refractivity contribution in [2.24, 2.45) is 0 Å². The lowest BCUT2D eigenvalue weighted by atomic mass is 10.0. The van der Waals surface area contributed by atoms with E-state index in [1.165, 1.54) is 0 Å². The highest BCUT2D eigenvalue weighted by Crippen LogP contribution is 2.29. The molecule has 0 atom stereocenters. The van der Waals surface area contributed by atoms with Gasteiger partial charge >= 0.3 is 0 Å². The summed E-state index contributed by atoms with van der Waals surface area (Å²) in [5.41, 5.74) is 5.97. The molecule has 5 rings (SSSR count). The fraction of sp³-hybridized carbons (Fsp3) is 0.417. The number of rotatable bonds is 13. The Morgan fingerprint density at radius 1 is 0.891 bits per heavy atom. The molecule has 10 heteroatoms. The number of hydrogen-bond donors (Lipinski definition) is 3. The summed E-state index contributed by atoms with van der Waals surface area (Å²) in [5.74, 6) is 0.350. The highest BCUT2D eigenvalue weighted by Gasteiger charge is 2.21. The van der Waals surface area contributed by atoms with Crippen molar-refractivity contribution in [2.45, 2.75) is 45.6 Å². The molecule has 10 nitrogen and oxygen atoms in total. The van der Waals surface area contributed by atoms with Gasteiger partial charge in [-0.05, 0) is 93.2 Å². The number of carbonyl (C=O) groups is 3. The van der Waals surface area contributed by atoms with Crippen LogP contribution in [0.3, 0.4) is 0 Å². The number of piperazine rings is 1. The Bertz CT molecular complexity index is 1550. The zero-order valence-corrected chi connectivity index (χ0v) is 27.1. The van der Waals surface area contributed by atoms with Crippen molar-refractivity contribution in [3.63, 3.8) is 0 Å². The first-order chi connectivity index (χ1) is 22.3. The van der Waals surface area contributed by atoms with Crippen molar-refractivity contribution in [1.29, 1.82) is 0 Å². The number of nitrogens with zero attached hydrogens (tertiary/aromatic N) is 2. The van der Waals surface area contributed by atoms with Gasteiger partial charge in [0.2, 0.25) is 5.91 Å². The van der Waals surface area contributed by atoms with Gasteiger partial charge < -0.3 is 35.2 Å². The van der Waals surface area contributed by atoms with Crippen molar-refractivity contribution >= 4 is 34.8 Å². The fourth-order valence-corrected chi connectivity index (χ4v) is 5.88. The monoisotopic (exact) mass is 627 g/mol. The van der Waals surface area contributed by atoms with Crippen LogP contribution >= 0.6 is 0 Å². The topological polar surface area (TPSA) is 112 Å². The third-order valence-electron chi connectivity index (χ3n) is 8.56. The van der Waals surface area contributed by atoms with Gasteiger partial charge in [0, 0.05) is 74.3 Å². The quantitative estimate of drug-likeness (QED) is 0.220.